The molecule has 0 heterocycles. The maximum atomic E-state index is 11.6. The highest BCUT2D eigenvalue weighted by Gasteiger charge is 2.07. The first-order valence-corrected chi connectivity index (χ1v) is 5.44. The molecular weight excluding hydrogens is 242 g/mol. The van der Waals surface area contributed by atoms with Gasteiger partial charge in [0.05, 0.1) is 0 Å². The Morgan fingerprint density at radius 2 is 2.21 bits per heavy atom. The number of alkyl halides is 1. The van der Waals surface area contributed by atoms with E-state index in [1.165, 1.54) is 0 Å². The van der Waals surface area contributed by atoms with Crippen LogP contribution in [0.5, 0.6) is 0 Å². The first-order valence-electron chi connectivity index (χ1n) is 4.32. The summed E-state index contributed by atoms with van der Waals surface area (Å²) in [5, 5.41) is 3.43. The molecule has 0 atom stereocenters. The first kappa shape index (κ1) is 11.0. The van der Waals surface area contributed by atoms with E-state index in [0.29, 0.717) is 17.4 Å². The van der Waals surface area contributed by atoms with Crippen molar-refractivity contribution >= 4 is 21.8 Å². The summed E-state index contributed by atoms with van der Waals surface area (Å²) in [7, 11) is 0. The predicted molar refractivity (Wildman–Crippen MR) is 61.6 cm³/mol. The minimum atomic E-state index is -0.0556. The molecule has 1 rings (SSSR count). The fraction of sp³-hybridized carbons (Fsp3) is 0.182. The van der Waals surface area contributed by atoms with Gasteiger partial charge in [-0.1, -0.05) is 40.2 Å². The Morgan fingerprint density at radius 1 is 1.50 bits per heavy atom. The molecule has 0 saturated carbocycles. The molecular formula is C11H12BrNO. The van der Waals surface area contributed by atoms with Crippen molar-refractivity contribution in [2.45, 2.75) is 5.33 Å². The molecule has 74 valence electrons. The zero-order valence-corrected chi connectivity index (χ0v) is 9.38. The largest absolute Gasteiger partial charge is 0.349 e. The van der Waals surface area contributed by atoms with Crippen LogP contribution in [0.3, 0.4) is 0 Å². The van der Waals surface area contributed by atoms with Gasteiger partial charge in [0.15, 0.2) is 0 Å². The molecule has 3 heteroatoms. The Morgan fingerprint density at radius 3 is 2.86 bits per heavy atom. The van der Waals surface area contributed by atoms with Gasteiger partial charge < -0.3 is 5.32 Å². The van der Waals surface area contributed by atoms with Crippen molar-refractivity contribution in [3.63, 3.8) is 0 Å². The topological polar surface area (TPSA) is 29.1 Å². The zero-order valence-electron chi connectivity index (χ0n) is 7.79. The van der Waals surface area contributed by atoms with Crippen molar-refractivity contribution in [1.29, 1.82) is 0 Å². The van der Waals surface area contributed by atoms with Crippen LogP contribution in [-0.4, -0.2) is 12.5 Å². The molecule has 2 nitrogen and oxygen atoms in total. The van der Waals surface area contributed by atoms with E-state index < -0.39 is 0 Å². The Kier molecular flexibility index (Phi) is 4.40. The molecule has 0 aliphatic rings. The van der Waals surface area contributed by atoms with Gasteiger partial charge in [-0.2, -0.15) is 0 Å². The van der Waals surface area contributed by atoms with Crippen LogP contribution in [0.1, 0.15) is 15.9 Å². The van der Waals surface area contributed by atoms with Gasteiger partial charge in [0.1, 0.15) is 0 Å². The van der Waals surface area contributed by atoms with Crippen molar-refractivity contribution in [2.24, 2.45) is 0 Å². The fourth-order valence-electron chi connectivity index (χ4n) is 1.12. The van der Waals surface area contributed by atoms with Gasteiger partial charge in [-0.25, -0.2) is 0 Å². The molecule has 0 fully saturated rings. The highest BCUT2D eigenvalue weighted by atomic mass is 79.9. The van der Waals surface area contributed by atoms with Gasteiger partial charge in [0, 0.05) is 17.4 Å². The number of halogens is 1. The molecule has 0 spiro atoms. The molecule has 0 aliphatic carbocycles. The van der Waals surface area contributed by atoms with Crippen LogP contribution >= 0.6 is 15.9 Å². The van der Waals surface area contributed by atoms with Crippen molar-refractivity contribution in [3.05, 3.63) is 48.0 Å². The van der Waals surface area contributed by atoms with Gasteiger partial charge in [0.25, 0.3) is 5.91 Å². The smallest absolute Gasteiger partial charge is 0.251 e. The van der Waals surface area contributed by atoms with Crippen molar-refractivity contribution in [1.82, 2.24) is 5.32 Å². The van der Waals surface area contributed by atoms with Gasteiger partial charge in [-0.05, 0) is 11.6 Å². The third-order valence-corrected chi connectivity index (χ3v) is 2.42. The third-order valence-electron chi connectivity index (χ3n) is 1.81. The van der Waals surface area contributed by atoms with Crippen LogP contribution in [-0.2, 0) is 5.33 Å². The number of benzene rings is 1. The summed E-state index contributed by atoms with van der Waals surface area (Å²) in [6.45, 7) is 4.04. The Labute approximate surface area is 92.1 Å². The van der Waals surface area contributed by atoms with E-state index in [2.05, 4.69) is 27.8 Å². The molecule has 0 aliphatic heterocycles. The maximum absolute atomic E-state index is 11.6. The molecule has 14 heavy (non-hydrogen) atoms. The zero-order chi connectivity index (χ0) is 10.4. The maximum Gasteiger partial charge on any atom is 0.251 e. The summed E-state index contributed by atoms with van der Waals surface area (Å²) in [6.07, 6.45) is 1.66. The summed E-state index contributed by atoms with van der Waals surface area (Å²) < 4.78 is 0. The fourth-order valence-corrected chi connectivity index (χ4v) is 1.61. The molecule has 0 unspecified atom stereocenters. The number of carbonyl (C=O) groups is 1. The average molecular weight is 254 g/mol. The Bertz CT molecular complexity index is 336. The van der Waals surface area contributed by atoms with E-state index in [4.69, 9.17) is 0 Å². The number of amides is 1. The standard InChI is InChI=1S/C11H12BrNO/c1-2-7-13-11(14)10-6-4-3-5-9(10)8-12/h2-6H,1,7-8H2,(H,13,14). The van der Waals surface area contributed by atoms with E-state index in [1.54, 1.807) is 6.08 Å². The molecule has 0 bridgehead atoms. The third kappa shape index (κ3) is 2.70. The molecule has 0 saturated heterocycles. The summed E-state index contributed by atoms with van der Waals surface area (Å²) in [6, 6.07) is 7.52. The Hall–Kier alpha value is -1.09. The first-order chi connectivity index (χ1) is 6.79. The average Bonchev–Trinajstić information content (AvgIpc) is 2.25. The van der Waals surface area contributed by atoms with Crippen molar-refractivity contribution in [2.75, 3.05) is 6.54 Å². The normalized spacial score (nSPS) is 9.50. The Balaban J connectivity index is 2.82. The minimum absolute atomic E-state index is 0.0556. The minimum Gasteiger partial charge on any atom is -0.349 e. The van der Waals surface area contributed by atoms with Crippen LogP contribution in [0.15, 0.2) is 36.9 Å². The highest BCUT2D eigenvalue weighted by Crippen LogP contribution is 2.11. The lowest BCUT2D eigenvalue weighted by atomic mass is 10.1. The van der Waals surface area contributed by atoms with Crippen molar-refractivity contribution in [3.8, 4) is 0 Å². The van der Waals surface area contributed by atoms with Crippen LogP contribution in [0.25, 0.3) is 0 Å². The second-order valence-corrected chi connectivity index (χ2v) is 3.35. The number of hydrogen-bond donors (Lipinski definition) is 1. The lowest BCUT2D eigenvalue weighted by molar-refractivity contribution is 0.0957. The second-order valence-electron chi connectivity index (χ2n) is 2.79. The van der Waals surface area contributed by atoms with Gasteiger partial charge in [0.2, 0.25) is 0 Å². The van der Waals surface area contributed by atoms with E-state index in [-0.39, 0.29) is 5.91 Å². The van der Waals surface area contributed by atoms with Crippen LogP contribution in [0.4, 0.5) is 0 Å². The summed E-state index contributed by atoms with van der Waals surface area (Å²) >= 11 is 3.34. The molecule has 0 radical (unpaired) electrons. The highest BCUT2D eigenvalue weighted by molar-refractivity contribution is 9.08. The van der Waals surface area contributed by atoms with E-state index in [1.807, 2.05) is 24.3 Å². The van der Waals surface area contributed by atoms with E-state index >= 15 is 0 Å². The summed E-state index contributed by atoms with van der Waals surface area (Å²) in [4.78, 5) is 11.6. The molecule has 1 aromatic carbocycles. The van der Waals surface area contributed by atoms with E-state index in [9.17, 15) is 4.79 Å². The number of nitrogens with one attached hydrogen (secondary N) is 1. The molecule has 1 amide bonds. The summed E-state index contributed by atoms with van der Waals surface area (Å²) in [5.41, 5.74) is 1.71. The lowest BCUT2D eigenvalue weighted by Crippen LogP contribution is -2.24. The van der Waals surface area contributed by atoms with Crippen LogP contribution < -0.4 is 5.32 Å². The van der Waals surface area contributed by atoms with Gasteiger partial charge in [-0.15, -0.1) is 6.58 Å². The molecule has 1 N–H and O–H groups in total. The SMILES string of the molecule is C=CCNC(=O)c1ccccc1CBr. The molecule has 1 aromatic rings. The molecule has 0 aromatic heterocycles. The van der Waals surface area contributed by atoms with Gasteiger partial charge >= 0.3 is 0 Å². The monoisotopic (exact) mass is 253 g/mol. The predicted octanol–water partition coefficient (Wildman–Crippen LogP) is 2.50. The quantitative estimate of drug-likeness (QED) is 0.649. The van der Waals surface area contributed by atoms with Crippen molar-refractivity contribution < 1.29 is 4.79 Å². The van der Waals surface area contributed by atoms with Crippen LogP contribution in [0, 0.1) is 0 Å². The lowest BCUT2D eigenvalue weighted by Gasteiger charge is -2.06. The van der Waals surface area contributed by atoms with Gasteiger partial charge in [-0.3, -0.25) is 4.79 Å². The summed E-state index contributed by atoms with van der Waals surface area (Å²) in [5.74, 6) is -0.0556. The van der Waals surface area contributed by atoms with E-state index in [0.717, 1.165) is 5.56 Å². The number of hydrogen-bond acceptors (Lipinski definition) is 1. The van der Waals surface area contributed by atoms with Crippen LogP contribution in [0.2, 0.25) is 0 Å². The number of carbonyl (C=O) groups excluding carboxylic acids is 1. The number of rotatable bonds is 4. The second kappa shape index (κ2) is 5.60.